The van der Waals surface area contributed by atoms with E-state index >= 15 is 0 Å². The Kier molecular flexibility index (Phi) is 3.85. The van der Waals surface area contributed by atoms with E-state index in [0.29, 0.717) is 6.04 Å². The van der Waals surface area contributed by atoms with Crippen molar-refractivity contribution < 1.29 is 4.74 Å². The number of benzene rings is 1. The first-order valence-corrected chi connectivity index (χ1v) is 9.98. The van der Waals surface area contributed by atoms with Crippen molar-refractivity contribution in [3.63, 3.8) is 0 Å². The molecule has 0 bridgehead atoms. The van der Waals surface area contributed by atoms with Crippen molar-refractivity contribution in [1.82, 2.24) is 14.6 Å². The van der Waals surface area contributed by atoms with Crippen molar-refractivity contribution >= 4 is 11.5 Å². The lowest BCUT2D eigenvalue weighted by Gasteiger charge is -2.28. The molecular formula is C22H26N4O. The van der Waals surface area contributed by atoms with Crippen LogP contribution >= 0.6 is 0 Å². The van der Waals surface area contributed by atoms with Gasteiger partial charge in [-0.25, -0.2) is 4.98 Å². The molecule has 2 aromatic heterocycles. The van der Waals surface area contributed by atoms with E-state index in [4.69, 9.17) is 14.8 Å². The van der Waals surface area contributed by atoms with E-state index in [1.165, 1.54) is 53.9 Å². The summed E-state index contributed by atoms with van der Waals surface area (Å²) in [6.07, 6.45) is 7.18. The van der Waals surface area contributed by atoms with Gasteiger partial charge in [-0.3, -0.25) is 0 Å². The first-order valence-electron chi connectivity index (χ1n) is 9.98. The zero-order chi connectivity index (χ0) is 18.5. The Morgan fingerprint density at radius 2 is 2.00 bits per heavy atom. The Morgan fingerprint density at radius 1 is 1.15 bits per heavy atom. The van der Waals surface area contributed by atoms with Crippen LogP contribution in [0.15, 0.2) is 18.2 Å². The van der Waals surface area contributed by atoms with Crippen molar-refractivity contribution in [1.29, 1.82) is 0 Å². The standard InChI is InChI=1S/C22H26N4O/c1-13-12-16(27-3)10-11-17(13)20-14(2)25-26-21(23-15-6-4-7-15)18-8-5-9-19(18)24-22(20)26/h10-12,15,23H,4-9H2,1-3H3. The van der Waals surface area contributed by atoms with E-state index in [-0.39, 0.29) is 0 Å². The lowest BCUT2D eigenvalue weighted by Crippen LogP contribution is -2.29. The quantitative estimate of drug-likeness (QED) is 0.744. The lowest BCUT2D eigenvalue weighted by atomic mass is 9.93. The molecule has 3 aromatic rings. The van der Waals surface area contributed by atoms with Crippen LogP contribution in [0.4, 0.5) is 5.82 Å². The zero-order valence-electron chi connectivity index (χ0n) is 16.3. The maximum absolute atomic E-state index is 5.38. The van der Waals surface area contributed by atoms with Gasteiger partial charge in [0.1, 0.15) is 11.6 Å². The first-order chi connectivity index (χ1) is 13.2. The van der Waals surface area contributed by atoms with Gasteiger partial charge in [-0.1, -0.05) is 6.07 Å². The molecule has 2 aliphatic carbocycles. The predicted octanol–water partition coefficient (Wildman–Crippen LogP) is 4.47. The molecule has 5 rings (SSSR count). The number of methoxy groups -OCH3 is 1. The minimum Gasteiger partial charge on any atom is -0.497 e. The van der Waals surface area contributed by atoms with Gasteiger partial charge in [0.15, 0.2) is 5.65 Å². The minimum atomic E-state index is 0.580. The monoisotopic (exact) mass is 362 g/mol. The molecule has 0 atom stereocenters. The molecule has 0 unspecified atom stereocenters. The molecule has 1 saturated carbocycles. The van der Waals surface area contributed by atoms with Crippen LogP contribution in [0, 0.1) is 13.8 Å². The van der Waals surface area contributed by atoms with E-state index in [9.17, 15) is 0 Å². The average molecular weight is 362 g/mol. The molecule has 0 amide bonds. The van der Waals surface area contributed by atoms with Crippen LogP contribution < -0.4 is 10.1 Å². The summed E-state index contributed by atoms with van der Waals surface area (Å²) in [6, 6.07) is 6.81. The summed E-state index contributed by atoms with van der Waals surface area (Å²) in [6.45, 7) is 4.22. The normalized spacial score (nSPS) is 16.4. The highest BCUT2D eigenvalue weighted by Crippen LogP contribution is 2.37. The van der Waals surface area contributed by atoms with E-state index in [1.54, 1.807) is 7.11 Å². The fourth-order valence-corrected chi connectivity index (χ4v) is 4.39. The second-order valence-corrected chi connectivity index (χ2v) is 7.89. The van der Waals surface area contributed by atoms with Gasteiger partial charge < -0.3 is 10.1 Å². The van der Waals surface area contributed by atoms with Crippen LogP contribution in [0.1, 0.15) is 48.2 Å². The maximum Gasteiger partial charge on any atom is 0.165 e. The summed E-state index contributed by atoms with van der Waals surface area (Å²) in [4.78, 5) is 5.08. The smallest absolute Gasteiger partial charge is 0.165 e. The number of nitrogens with one attached hydrogen (secondary N) is 1. The number of hydrogen-bond acceptors (Lipinski definition) is 4. The molecule has 1 aromatic carbocycles. The fraction of sp³-hybridized carbons (Fsp3) is 0.455. The van der Waals surface area contributed by atoms with E-state index in [2.05, 4.69) is 35.8 Å². The van der Waals surface area contributed by atoms with Gasteiger partial charge in [0.25, 0.3) is 0 Å². The van der Waals surface area contributed by atoms with Gasteiger partial charge in [-0.2, -0.15) is 9.61 Å². The van der Waals surface area contributed by atoms with Gasteiger partial charge in [0.2, 0.25) is 0 Å². The lowest BCUT2D eigenvalue weighted by molar-refractivity contribution is 0.414. The predicted molar refractivity (Wildman–Crippen MR) is 108 cm³/mol. The molecule has 1 fully saturated rings. The number of rotatable bonds is 4. The zero-order valence-corrected chi connectivity index (χ0v) is 16.3. The molecule has 0 radical (unpaired) electrons. The first kappa shape index (κ1) is 16.6. The Balaban J connectivity index is 1.72. The molecule has 2 aliphatic rings. The highest BCUT2D eigenvalue weighted by Gasteiger charge is 2.27. The van der Waals surface area contributed by atoms with Crippen LogP contribution in [0.5, 0.6) is 5.75 Å². The van der Waals surface area contributed by atoms with Gasteiger partial charge >= 0.3 is 0 Å². The van der Waals surface area contributed by atoms with Crippen molar-refractivity contribution in [3.05, 3.63) is 40.7 Å². The molecule has 2 heterocycles. The van der Waals surface area contributed by atoms with E-state index in [0.717, 1.165) is 35.5 Å². The second kappa shape index (κ2) is 6.25. The summed E-state index contributed by atoms with van der Waals surface area (Å²) >= 11 is 0. The van der Waals surface area contributed by atoms with Gasteiger partial charge in [0.05, 0.1) is 12.8 Å². The molecule has 27 heavy (non-hydrogen) atoms. The van der Waals surface area contributed by atoms with Crippen LogP contribution in [0.2, 0.25) is 0 Å². The third-order valence-corrected chi connectivity index (χ3v) is 6.11. The van der Waals surface area contributed by atoms with Crippen LogP contribution in [-0.4, -0.2) is 27.7 Å². The number of anilines is 1. The van der Waals surface area contributed by atoms with Crippen molar-refractivity contribution in [2.45, 2.75) is 58.4 Å². The second-order valence-electron chi connectivity index (χ2n) is 7.89. The molecule has 0 aliphatic heterocycles. The number of aromatic nitrogens is 3. The SMILES string of the molecule is COc1ccc(-c2c(C)nn3c(NC4CCC4)c4c(nc23)CCC4)c(C)c1. The summed E-state index contributed by atoms with van der Waals surface area (Å²) < 4.78 is 7.45. The highest BCUT2D eigenvalue weighted by molar-refractivity contribution is 5.83. The van der Waals surface area contributed by atoms with Crippen LogP contribution in [0.3, 0.4) is 0 Å². The van der Waals surface area contributed by atoms with Gasteiger partial charge in [-0.15, -0.1) is 0 Å². The number of hydrogen-bond donors (Lipinski definition) is 1. The number of aryl methyl sites for hydroxylation is 3. The highest BCUT2D eigenvalue weighted by atomic mass is 16.5. The number of fused-ring (bicyclic) bond motifs is 2. The molecule has 5 nitrogen and oxygen atoms in total. The number of ether oxygens (including phenoxy) is 1. The Morgan fingerprint density at radius 3 is 2.70 bits per heavy atom. The molecular weight excluding hydrogens is 336 g/mol. The minimum absolute atomic E-state index is 0.580. The molecule has 5 heteroatoms. The van der Waals surface area contributed by atoms with Gasteiger partial charge in [0, 0.05) is 22.9 Å². The summed E-state index contributed by atoms with van der Waals surface area (Å²) in [5.74, 6) is 2.06. The third kappa shape index (κ3) is 2.59. The van der Waals surface area contributed by atoms with E-state index in [1.807, 2.05) is 6.07 Å². The molecule has 1 N–H and O–H groups in total. The summed E-state index contributed by atoms with van der Waals surface area (Å²) in [5.41, 5.74) is 8.12. The van der Waals surface area contributed by atoms with Gasteiger partial charge in [-0.05, 0) is 75.6 Å². The van der Waals surface area contributed by atoms with Crippen molar-refractivity contribution in [3.8, 4) is 16.9 Å². The molecule has 140 valence electrons. The number of nitrogens with zero attached hydrogens (tertiary/aromatic N) is 3. The Labute approximate surface area is 159 Å². The third-order valence-electron chi connectivity index (χ3n) is 6.11. The Hall–Kier alpha value is -2.56. The molecule has 0 saturated heterocycles. The van der Waals surface area contributed by atoms with Crippen molar-refractivity contribution in [2.75, 3.05) is 12.4 Å². The molecule has 0 spiro atoms. The maximum atomic E-state index is 5.38. The van der Waals surface area contributed by atoms with Crippen LogP contribution in [0.25, 0.3) is 16.8 Å². The van der Waals surface area contributed by atoms with Crippen LogP contribution in [-0.2, 0) is 12.8 Å². The largest absolute Gasteiger partial charge is 0.497 e. The van der Waals surface area contributed by atoms with E-state index < -0.39 is 0 Å². The Bertz CT molecular complexity index is 1030. The van der Waals surface area contributed by atoms with Crippen molar-refractivity contribution in [2.24, 2.45) is 0 Å². The summed E-state index contributed by atoms with van der Waals surface area (Å²) in [5, 5.41) is 8.71. The summed E-state index contributed by atoms with van der Waals surface area (Å²) in [7, 11) is 1.71. The average Bonchev–Trinajstić information content (AvgIpc) is 3.21. The fourth-order valence-electron chi connectivity index (χ4n) is 4.39. The topological polar surface area (TPSA) is 51.5 Å².